The number of rotatable bonds is 2. The van der Waals surface area contributed by atoms with E-state index in [9.17, 15) is 0 Å². The number of H-pyrrole nitrogens is 1. The second-order valence-electron chi connectivity index (χ2n) is 3.86. The van der Waals surface area contributed by atoms with Crippen LogP contribution in [0.25, 0.3) is 11.6 Å². The maximum Gasteiger partial charge on any atom is 0.280 e. The molecular weight excluding hydrogens is 208 g/mol. The molecule has 1 fully saturated rings. The van der Waals surface area contributed by atoms with Gasteiger partial charge in [0.15, 0.2) is 11.5 Å². The Morgan fingerprint density at radius 3 is 3.19 bits per heavy atom. The van der Waals surface area contributed by atoms with E-state index in [0.29, 0.717) is 17.5 Å². The summed E-state index contributed by atoms with van der Waals surface area (Å²) < 4.78 is 5.15. The number of nitrogens with zero attached hydrogens (tertiary/aromatic N) is 4. The highest BCUT2D eigenvalue weighted by Crippen LogP contribution is 2.22. The highest BCUT2D eigenvalue weighted by molar-refractivity contribution is 5.42. The van der Waals surface area contributed by atoms with E-state index in [1.54, 1.807) is 6.20 Å². The molecule has 0 aliphatic carbocycles. The summed E-state index contributed by atoms with van der Waals surface area (Å²) in [5.74, 6) is 1.53. The van der Waals surface area contributed by atoms with Crippen LogP contribution >= 0.6 is 0 Å². The lowest BCUT2D eigenvalue weighted by molar-refractivity contribution is 0.392. The molecule has 2 aromatic rings. The zero-order valence-electron chi connectivity index (χ0n) is 8.68. The van der Waals surface area contributed by atoms with Gasteiger partial charge >= 0.3 is 0 Å². The number of aromatic amines is 1. The largest absolute Gasteiger partial charge is 0.332 e. The molecule has 7 heteroatoms. The fourth-order valence-electron chi connectivity index (χ4n) is 1.88. The van der Waals surface area contributed by atoms with Crippen LogP contribution in [0.5, 0.6) is 0 Å². The lowest BCUT2D eigenvalue weighted by Gasteiger charge is -2.19. The molecule has 3 heterocycles. The molecule has 1 aliphatic heterocycles. The lowest BCUT2D eigenvalue weighted by Crippen LogP contribution is -2.28. The van der Waals surface area contributed by atoms with E-state index in [4.69, 9.17) is 4.52 Å². The predicted octanol–water partition coefficient (Wildman–Crippen LogP) is 0.322. The first-order valence-corrected chi connectivity index (χ1v) is 5.34. The lowest BCUT2D eigenvalue weighted by atomic mass is 9.99. The van der Waals surface area contributed by atoms with Crippen LogP contribution in [0.2, 0.25) is 0 Å². The van der Waals surface area contributed by atoms with Crippen LogP contribution in [-0.2, 0) is 0 Å². The Bertz CT molecular complexity index is 444. The van der Waals surface area contributed by atoms with Crippen LogP contribution < -0.4 is 5.32 Å². The van der Waals surface area contributed by atoms with E-state index in [2.05, 4.69) is 30.9 Å². The van der Waals surface area contributed by atoms with Crippen LogP contribution in [0, 0.1) is 0 Å². The first-order chi connectivity index (χ1) is 7.93. The third-order valence-corrected chi connectivity index (χ3v) is 2.74. The zero-order chi connectivity index (χ0) is 10.8. The SMILES string of the molecule is c1n[nH]nc1-c1nc(C2CCCNC2)no1. The number of piperidine rings is 1. The molecule has 1 atom stereocenters. The number of aromatic nitrogens is 5. The minimum atomic E-state index is 0.346. The van der Waals surface area contributed by atoms with Crippen molar-refractivity contribution in [1.29, 1.82) is 0 Å². The fourth-order valence-corrected chi connectivity index (χ4v) is 1.88. The fraction of sp³-hybridized carbons (Fsp3) is 0.556. The van der Waals surface area contributed by atoms with Crippen molar-refractivity contribution in [1.82, 2.24) is 30.9 Å². The Hall–Kier alpha value is -1.76. The van der Waals surface area contributed by atoms with Crippen molar-refractivity contribution in [3.8, 4) is 11.6 Å². The molecule has 0 bridgehead atoms. The topological polar surface area (TPSA) is 92.5 Å². The van der Waals surface area contributed by atoms with E-state index in [0.717, 1.165) is 31.8 Å². The van der Waals surface area contributed by atoms with Gasteiger partial charge in [-0.25, -0.2) is 0 Å². The zero-order valence-corrected chi connectivity index (χ0v) is 8.68. The van der Waals surface area contributed by atoms with Crippen molar-refractivity contribution in [2.24, 2.45) is 0 Å². The van der Waals surface area contributed by atoms with Gasteiger partial charge < -0.3 is 9.84 Å². The molecule has 0 amide bonds. The normalized spacial score (nSPS) is 21.1. The maximum absolute atomic E-state index is 5.15. The molecule has 1 unspecified atom stereocenters. The molecule has 0 aromatic carbocycles. The Morgan fingerprint density at radius 1 is 1.44 bits per heavy atom. The Kier molecular flexibility index (Phi) is 2.37. The number of hydrogen-bond donors (Lipinski definition) is 2. The highest BCUT2D eigenvalue weighted by atomic mass is 16.5. The molecular formula is C9H12N6O. The second-order valence-corrected chi connectivity index (χ2v) is 3.86. The third-order valence-electron chi connectivity index (χ3n) is 2.74. The van der Waals surface area contributed by atoms with Gasteiger partial charge in [0.1, 0.15) is 0 Å². The second kappa shape index (κ2) is 4.01. The van der Waals surface area contributed by atoms with Crippen LogP contribution in [0.3, 0.4) is 0 Å². The first-order valence-electron chi connectivity index (χ1n) is 5.34. The summed E-state index contributed by atoms with van der Waals surface area (Å²) in [6.07, 6.45) is 3.82. The van der Waals surface area contributed by atoms with Gasteiger partial charge in [0.25, 0.3) is 5.89 Å². The van der Waals surface area contributed by atoms with E-state index in [1.165, 1.54) is 0 Å². The van der Waals surface area contributed by atoms with E-state index in [-0.39, 0.29) is 0 Å². The molecule has 0 saturated carbocycles. The average Bonchev–Trinajstić information content (AvgIpc) is 3.01. The molecule has 2 N–H and O–H groups in total. The standard InChI is InChI=1S/C9H12N6O/c1-2-6(4-10-3-1)8-12-9(16-14-8)7-5-11-15-13-7/h5-6,10H,1-4H2,(H,11,13,15). The van der Waals surface area contributed by atoms with E-state index >= 15 is 0 Å². The smallest absolute Gasteiger partial charge is 0.280 e. The predicted molar refractivity (Wildman–Crippen MR) is 54.5 cm³/mol. The van der Waals surface area contributed by atoms with Gasteiger partial charge in [0.05, 0.1) is 6.20 Å². The van der Waals surface area contributed by atoms with Crippen LogP contribution in [0.4, 0.5) is 0 Å². The molecule has 0 spiro atoms. The van der Waals surface area contributed by atoms with Crippen molar-refractivity contribution in [3.63, 3.8) is 0 Å². The van der Waals surface area contributed by atoms with Crippen molar-refractivity contribution >= 4 is 0 Å². The molecule has 7 nitrogen and oxygen atoms in total. The summed E-state index contributed by atoms with van der Waals surface area (Å²) >= 11 is 0. The maximum atomic E-state index is 5.15. The molecule has 84 valence electrons. The molecule has 2 aromatic heterocycles. The van der Waals surface area contributed by atoms with Gasteiger partial charge in [-0.2, -0.15) is 20.4 Å². The molecule has 3 rings (SSSR count). The summed E-state index contributed by atoms with van der Waals surface area (Å²) in [4.78, 5) is 4.34. The summed E-state index contributed by atoms with van der Waals surface area (Å²) in [7, 11) is 0. The molecule has 16 heavy (non-hydrogen) atoms. The summed E-state index contributed by atoms with van der Waals surface area (Å²) in [5, 5.41) is 17.4. The Morgan fingerprint density at radius 2 is 2.44 bits per heavy atom. The van der Waals surface area contributed by atoms with Crippen LogP contribution in [0.1, 0.15) is 24.6 Å². The average molecular weight is 220 g/mol. The Labute approximate surface area is 91.6 Å². The highest BCUT2D eigenvalue weighted by Gasteiger charge is 2.21. The van der Waals surface area contributed by atoms with E-state index < -0.39 is 0 Å². The van der Waals surface area contributed by atoms with Gasteiger partial charge in [-0.15, -0.1) is 0 Å². The van der Waals surface area contributed by atoms with E-state index in [1.807, 2.05) is 0 Å². The van der Waals surface area contributed by atoms with Crippen LogP contribution in [0.15, 0.2) is 10.7 Å². The first kappa shape index (κ1) is 9.46. The Balaban J connectivity index is 1.82. The van der Waals surface area contributed by atoms with Crippen molar-refractivity contribution < 1.29 is 4.52 Å². The number of nitrogens with one attached hydrogen (secondary N) is 2. The minimum Gasteiger partial charge on any atom is -0.332 e. The van der Waals surface area contributed by atoms with Crippen molar-refractivity contribution in [2.45, 2.75) is 18.8 Å². The molecule has 1 aliphatic rings. The molecule has 0 radical (unpaired) electrons. The quantitative estimate of drug-likeness (QED) is 0.757. The summed E-state index contributed by atoms with van der Waals surface area (Å²) in [5.41, 5.74) is 0.586. The van der Waals surface area contributed by atoms with Gasteiger partial charge in [0.2, 0.25) is 0 Å². The monoisotopic (exact) mass is 220 g/mol. The third kappa shape index (κ3) is 1.69. The molecule has 1 saturated heterocycles. The minimum absolute atomic E-state index is 0.346. The number of hydrogen-bond acceptors (Lipinski definition) is 6. The van der Waals surface area contributed by atoms with Crippen molar-refractivity contribution in [3.05, 3.63) is 12.0 Å². The van der Waals surface area contributed by atoms with Crippen LogP contribution in [-0.4, -0.2) is 38.6 Å². The van der Waals surface area contributed by atoms with Crippen molar-refractivity contribution in [2.75, 3.05) is 13.1 Å². The van der Waals surface area contributed by atoms with Gasteiger partial charge in [-0.1, -0.05) is 5.16 Å². The summed E-state index contributed by atoms with van der Waals surface area (Å²) in [6, 6.07) is 0. The van der Waals surface area contributed by atoms with Gasteiger partial charge in [-0.05, 0) is 19.4 Å². The van der Waals surface area contributed by atoms with Gasteiger partial charge in [0, 0.05) is 12.5 Å². The van der Waals surface area contributed by atoms with Gasteiger partial charge in [-0.3, -0.25) is 0 Å². The summed E-state index contributed by atoms with van der Waals surface area (Å²) in [6.45, 7) is 1.99.